The molecule has 1 aromatic rings. The van der Waals surface area contributed by atoms with Crippen molar-refractivity contribution in [2.45, 2.75) is 26.5 Å². The number of nitrogens with zero attached hydrogens (tertiary/aromatic N) is 1. The summed E-state index contributed by atoms with van der Waals surface area (Å²) in [6, 6.07) is 1.26. The normalized spacial score (nSPS) is 11.1. The zero-order valence-electron chi connectivity index (χ0n) is 8.41. The standard InChI is InChI=1S/C9H12F2N2O2/c1-5(2)13-4-6(12)3-7(13)8(14)15-9(10)11/h3-5,9H,12H2,1-2H3. The molecule has 0 atom stereocenters. The van der Waals surface area contributed by atoms with Crippen molar-refractivity contribution in [2.75, 3.05) is 5.73 Å². The second kappa shape index (κ2) is 4.29. The van der Waals surface area contributed by atoms with Crippen molar-refractivity contribution < 1.29 is 18.3 Å². The van der Waals surface area contributed by atoms with Gasteiger partial charge in [-0.3, -0.25) is 0 Å². The molecular weight excluding hydrogens is 206 g/mol. The van der Waals surface area contributed by atoms with Gasteiger partial charge in [0.05, 0.1) is 5.69 Å². The molecule has 1 rings (SSSR count). The van der Waals surface area contributed by atoms with Crippen molar-refractivity contribution in [3.63, 3.8) is 0 Å². The number of carbonyl (C=O) groups is 1. The molecule has 0 radical (unpaired) electrons. The SMILES string of the molecule is CC(C)n1cc(N)cc1C(=O)OC(F)F. The molecule has 1 aromatic heterocycles. The number of rotatable bonds is 3. The van der Waals surface area contributed by atoms with E-state index in [1.807, 2.05) is 0 Å². The van der Waals surface area contributed by atoms with E-state index in [1.165, 1.54) is 16.8 Å². The van der Waals surface area contributed by atoms with Crippen LogP contribution in [-0.4, -0.2) is 17.1 Å². The number of nitrogens with two attached hydrogens (primary N) is 1. The van der Waals surface area contributed by atoms with Crippen molar-refractivity contribution in [3.8, 4) is 0 Å². The third kappa shape index (κ3) is 2.68. The molecule has 0 aliphatic rings. The van der Waals surface area contributed by atoms with Gasteiger partial charge < -0.3 is 15.0 Å². The third-order valence-electron chi connectivity index (χ3n) is 1.83. The fourth-order valence-electron chi connectivity index (χ4n) is 1.23. The summed E-state index contributed by atoms with van der Waals surface area (Å²) in [6.45, 7) is 0.492. The Hall–Kier alpha value is -1.59. The van der Waals surface area contributed by atoms with Crippen LogP contribution in [0.3, 0.4) is 0 Å². The average Bonchev–Trinajstić information content (AvgIpc) is 2.46. The Morgan fingerprint density at radius 1 is 1.53 bits per heavy atom. The van der Waals surface area contributed by atoms with Crippen molar-refractivity contribution in [1.82, 2.24) is 4.57 Å². The molecular formula is C9H12F2N2O2. The monoisotopic (exact) mass is 218 g/mol. The number of alkyl halides is 2. The molecule has 4 nitrogen and oxygen atoms in total. The molecule has 1 heterocycles. The first-order valence-electron chi connectivity index (χ1n) is 4.38. The molecule has 2 N–H and O–H groups in total. The number of hydrogen-bond donors (Lipinski definition) is 1. The van der Waals surface area contributed by atoms with E-state index < -0.39 is 12.6 Å². The summed E-state index contributed by atoms with van der Waals surface area (Å²) in [4.78, 5) is 11.2. The van der Waals surface area contributed by atoms with Crippen LogP contribution < -0.4 is 5.73 Å². The van der Waals surface area contributed by atoms with Gasteiger partial charge in [-0.2, -0.15) is 8.78 Å². The molecule has 15 heavy (non-hydrogen) atoms. The van der Waals surface area contributed by atoms with E-state index in [0.29, 0.717) is 5.69 Å². The summed E-state index contributed by atoms with van der Waals surface area (Å²) in [5.74, 6) is -1.07. The molecule has 0 aliphatic carbocycles. The van der Waals surface area contributed by atoms with Crippen LogP contribution >= 0.6 is 0 Å². The number of ether oxygens (including phenoxy) is 1. The predicted octanol–water partition coefficient (Wildman–Crippen LogP) is 2.03. The molecule has 0 saturated heterocycles. The van der Waals surface area contributed by atoms with Gasteiger partial charge in [0.1, 0.15) is 5.69 Å². The van der Waals surface area contributed by atoms with E-state index in [2.05, 4.69) is 4.74 Å². The number of halogens is 2. The summed E-state index contributed by atoms with van der Waals surface area (Å²) in [5, 5.41) is 0. The van der Waals surface area contributed by atoms with Gasteiger partial charge in [0.15, 0.2) is 0 Å². The van der Waals surface area contributed by atoms with Gasteiger partial charge in [-0.05, 0) is 19.9 Å². The van der Waals surface area contributed by atoms with E-state index >= 15 is 0 Å². The highest BCUT2D eigenvalue weighted by atomic mass is 19.3. The largest absolute Gasteiger partial charge is 0.398 e. The van der Waals surface area contributed by atoms with E-state index in [9.17, 15) is 13.6 Å². The van der Waals surface area contributed by atoms with Crippen molar-refractivity contribution >= 4 is 11.7 Å². The lowest BCUT2D eigenvalue weighted by molar-refractivity contribution is -0.0912. The van der Waals surface area contributed by atoms with Crippen LogP contribution in [0.4, 0.5) is 14.5 Å². The van der Waals surface area contributed by atoms with E-state index in [-0.39, 0.29) is 11.7 Å². The molecule has 0 fully saturated rings. The molecule has 0 aliphatic heterocycles. The van der Waals surface area contributed by atoms with Gasteiger partial charge in [0.2, 0.25) is 0 Å². The maximum Gasteiger partial charge on any atom is 0.389 e. The van der Waals surface area contributed by atoms with E-state index in [4.69, 9.17) is 5.73 Å². The van der Waals surface area contributed by atoms with E-state index in [0.717, 1.165) is 0 Å². The topological polar surface area (TPSA) is 57.2 Å². The number of nitrogen functional groups attached to an aromatic ring is 1. The summed E-state index contributed by atoms with van der Waals surface area (Å²) in [7, 11) is 0. The zero-order valence-corrected chi connectivity index (χ0v) is 8.41. The maximum atomic E-state index is 11.8. The predicted molar refractivity (Wildman–Crippen MR) is 50.6 cm³/mol. The molecule has 0 spiro atoms. The molecule has 0 saturated carbocycles. The zero-order chi connectivity index (χ0) is 11.6. The van der Waals surface area contributed by atoms with Gasteiger partial charge in [-0.1, -0.05) is 0 Å². The second-order valence-corrected chi connectivity index (χ2v) is 3.33. The van der Waals surface area contributed by atoms with Gasteiger partial charge in [0.25, 0.3) is 0 Å². The Balaban J connectivity index is 2.97. The van der Waals surface area contributed by atoms with Crippen molar-refractivity contribution in [1.29, 1.82) is 0 Å². The van der Waals surface area contributed by atoms with Gasteiger partial charge in [0, 0.05) is 12.2 Å². The summed E-state index contributed by atoms with van der Waals surface area (Å²) in [6.07, 6.45) is 1.51. The molecule has 84 valence electrons. The number of aromatic nitrogens is 1. The van der Waals surface area contributed by atoms with Crippen LogP contribution in [0.5, 0.6) is 0 Å². The van der Waals surface area contributed by atoms with Crippen molar-refractivity contribution in [2.24, 2.45) is 0 Å². The first-order valence-corrected chi connectivity index (χ1v) is 4.38. The quantitative estimate of drug-likeness (QED) is 0.789. The Morgan fingerprint density at radius 3 is 2.60 bits per heavy atom. The number of anilines is 1. The summed E-state index contributed by atoms with van der Waals surface area (Å²) in [5.41, 5.74) is 5.84. The molecule has 0 bridgehead atoms. The summed E-state index contributed by atoms with van der Waals surface area (Å²) < 4.78 is 28.9. The Bertz CT molecular complexity index is 361. The van der Waals surface area contributed by atoms with Crippen LogP contribution in [0.1, 0.15) is 30.4 Å². The van der Waals surface area contributed by atoms with Crippen LogP contribution in [0.15, 0.2) is 12.3 Å². The molecule has 0 amide bonds. The fraction of sp³-hybridized carbons (Fsp3) is 0.444. The fourth-order valence-corrected chi connectivity index (χ4v) is 1.23. The maximum absolute atomic E-state index is 11.8. The number of esters is 1. The average molecular weight is 218 g/mol. The third-order valence-corrected chi connectivity index (χ3v) is 1.83. The summed E-state index contributed by atoms with van der Waals surface area (Å²) >= 11 is 0. The van der Waals surface area contributed by atoms with Crippen LogP contribution in [0.25, 0.3) is 0 Å². The number of carbonyl (C=O) groups excluding carboxylic acids is 1. The number of hydrogen-bond acceptors (Lipinski definition) is 3. The minimum absolute atomic E-state index is 0.0304. The Kier molecular flexibility index (Phi) is 3.28. The van der Waals surface area contributed by atoms with Crippen LogP contribution in [0.2, 0.25) is 0 Å². The lowest BCUT2D eigenvalue weighted by Crippen LogP contribution is -2.15. The lowest BCUT2D eigenvalue weighted by atomic mass is 10.3. The first kappa shape index (κ1) is 11.5. The van der Waals surface area contributed by atoms with Crippen LogP contribution in [0, 0.1) is 0 Å². The second-order valence-electron chi connectivity index (χ2n) is 3.33. The minimum atomic E-state index is -3.12. The highest BCUT2D eigenvalue weighted by Crippen LogP contribution is 2.18. The Labute approximate surface area is 85.6 Å². The smallest absolute Gasteiger partial charge is 0.389 e. The molecule has 0 unspecified atom stereocenters. The highest BCUT2D eigenvalue weighted by molar-refractivity contribution is 5.89. The minimum Gasteiger partial charge on any atom is -0.398 e. The van der Waals surface area contributed by atoms with Gasteiger partial charge in [-0.25, -0.2) is 4.79 Å². The highest BCUT2D eigenvalue weighted by Gasteiger charge is 2.19. The molecule has 0 aromatic carbocycles. The Morgan fingerprint density at radius 2 is 2.13 bits per heavy atom. The van der Waals surface area contributed by atoms with E-state index in [1.54, 1.807) is 13.8 Å². The van der Waals surface area contributed by atoms with Crippen LogP contribution in [-0.2, 0) is 4.74 Å². The van der Waals surface area contributed by atoms with Crippen molar-refractivity contribution in [3.05, 3.63) is 18.0 Å². The first-order chi connectivity index (χ1) is 6.91. The van der Waals surface area contributed by atoms with Gasteiger partial charge >= 0.3 is 12.6 Å². The lowest BCUT2D eigenvalue weighted by Gasteiger charge is -2.11. The van der Waals surface area contributed by atoms with Gasteiger partial charge in [-0.15, -0.1) is 0 Å². The molecule has 6 heteroatoms.